The molecule has 1 fully saturated rings. The third kappa shape index (κ3) is 5.66. The number of piperidine rings is 1. The number of rotatable bonds is 7. The van der Waals surface area contributed by atoms with E-state index < -0.39 is 0 Å². The van der Waals surface area contributed by atoms with Crippen LogP contribution in [0.4, 0.5) is 0 Å². The Morgan fingerprint density at radius 3 is 2.46 bits per heavy atom. The third-order valence-electron chi connectivity index (χ3n) is 5.17. The summed E-state index contributed by atoms with van der Waals surface area (Å²) in [6, 6.07) is 14.2. The molecule has 1 aliphatic heterocycles. The standard InChI is InChI=1S/C22H29N3O2S/c1-17(2)25(15-18-7-4-3-5-8-18)21(26)16-24-12-10-19(11-13-24)23-22(27)20-9-6-14-28-20/h3-9,14,17,19H,10-13,15-16H2,1-2H3,(H,23,27). The summed E-state index contributed by atoms with van der Waals surface area (Å²) in [6.45, 7) is 6.87. The number of thiophene rings is 1. The molecule has 0 radical (unpaired) electrons. The van der Waals surface area contributed by atoms with E-state index in [-0.39, 0.29) is 23.9 Å². The van der Waals surface area contributed by atoms with Crippen LogP contribution in [0, 0.1) is 0 Å². The number of carbonyl (C=O) groups is 2. The normalized spacial score (nSPS) is 15.5. The van der Waals surface area contributed by atoms with Crippen molar-refractivity contribution >= 4 is 23.2 Å². The first-order valence-corrected chi connectivity index (χ1v) is 10.8. The predicted molar refractivity (Wildman–Crippen MR) is 113 cm³/mol. The van der Waals surface area contributed by atoms with E-state index in [0.717, 1.165) is 36.4 Å². The second kappa shape index (κ2) is 9.85. The topological polar surface area (TPSA) is 52.7 Å². The van der Waals surface area contributed by atoms with E-state index in [0.29, 0.717) is 13.1 Å². The highest BCUT2D eigenvalue weighted by Gasteiger charge is 2.25. The van der Waals surface area contributed by atoms with E-state index in [9.17, 15) is 9.59 Å². The molecule has 5 nitrogen and oxygen atoms in total. The van der Waals surface area contributed by atoms with Gasteiger partial charge in [-0.25, -0.2) is 0 Å². The fraction of sp³-hybridized carbons (Fsp3) is 0.455. The first kappa shape index (κ1) is 20.6. The molecule has 0 saturated carbocycles. The van der Waals surface area contributed by atoms with Gasteiger partial charge < -0.3 is 10.2 Å². The van der Waals surface area contributed by atoms with E-state index >= 15 is 0 Å². The van der Waals surface area contributed by atoms with Crippen LogP contribution in [-0.2, 0) is 11.3 Å². The summed E-state index contributed by atoms with van der Waals surface area (Å²) in [5.41, 5.74) is 1.15. The van der Waals surface area contributed by atoms with Gasteiger partial charge in [-0.2, -0.15) is 0 Å². The summed E-state index contributed by atoms with van der Waals surface area (Å²) in [6.07, 6.45) is 1.76. The Labute approximate surface area is 171 Å². The Bertz CT molecular complexity index is 753. The highest BCUT2D eigenvalue weighted by Crippen LogP contribution is 2.15. The summed E-state index contributed by atoms with van der Waals surface area (Å²) < 4.78 is 0. The zero-order valence-corrected chi connectivity index (χ0v) is 17.5. The van der Waals surface area contributed by atoms with Crippen molar-refractivity contribution in [1.82, 2.24) is 15.1 Å². The number of benzene rings is 1. The first-order chi connectivity index (χ1) is 13.5. The lowest BCUT2D eigenvalue weighted by Gasteiger charge is -2.34. The predicted octanol–water partition coefficient (Wildman–Crippen LogP) is 3.38. The molecule has 150 valence electrons. The summed E-state index contributed by atoms with van der Waals surface area (Å²) in [5, 5.41) is 5.03. The molecule has 1 aromatic heterocycles. The van der Waals surface area contributed by atoms with Gasteiger partial charge in [0.2, 0.25) is 5.91 Å². The van der Waals surface area contributed by atoms with Crippen LogP contribution in [0.2, 0.25) is 0 Å². The van der Waals surface area contributed by atoms with Gasteiger partial charge in [-0.3, -0.25) is 14.5 Å². The lowest BCUT2D eigenvalue weighted by molar-refractivity contribution is -0.135. The van der Waals surface area contributed by atoms with Gasteiger partial charge >= 0.3 is 0 Å². The second-order valence-electron chi connectivity index (χ2n) is 7.60. The van der Waals surface area contributed by atoms with Crippen LogP contribution in [0.3, 0.4) is 0 Å². The molecule has 0 atom stereocenters. The number of amides is 2. The Balaban J connectivity index is 1.47. The maximum Gasteiger partial charge on any atom is 0.261 e. The molecule has 1 aliphatic rings. The van der Waals surface area contributed by atoms with Gasteiger partial charge in [0.15, 0.2) is 0 Å². The number of likely N-dealkylation sites (tertiary alicyclic amines) is 1. The van der Waals surface area contributed by atoms with Crippen LogP contribution in [0.1, 0.15) is 41.9 Å². The van der Waals surface area contributed by atoms with Crippen LogP contribution < -0.4 is 5.32 Å². The highest BCUT2D eigenvalue weighted by atomic mass is 32.1. The van der Waals surface area contributed by atoms with Gasteiger partial charge in [-0.15, -0.1) is 11.3 Å². The molecule has 0 bridgehead atoms. The lowest BCUT2D eigenvalue weighted by Crippen LogP contribution is -2.48. The Kier molecular flexibility index (Phi) is 7.23. The minimum Gasteiger partial charge on any atom is -0.349 e. The van der Waals surface area contributed by atoms with E-state index in [2.05, 4.69) is 36.2 Å². The number of carbonyl (C=O) groups excluding carboxylic acids is 2. The molecule has 2 amide bonds. The summed E-state index contributed by atoms with van der Waals surface area (Å²) in [7, 11) is 0. The fourth-order valence-corrected chi connectivity index (χ4v) is 4.15. The number of hydrogen-bond acceptors (Lipinski definition) is 4. The summed E-state index contributed by atoms with van der Waals surface area (Å²) in [4.78, 5) is 30.0. The molecule has 1 aromatic carbocycles. The van der Waals surface area contributed by atoms with Crippen molar-refractivity contribution in [3.05, 3.63) is 58.3 Å². The Morgan fingerprint density at radius 1 is 1.14 bits per heavy atom. The Hall–Kier alpha value is -2.18. The van der Waals surface area contributed by atoms with Crippen molar-refractivity contribution in [1.29, 1.82) is 0 Å². The molecule has 0 spiro atoms. The summed E-state index contributed by atoms with van der Waals surface area (Å²) >= 11 is 1.46. The molecule has 3 rings (SSSR count). The SMILES string of the molecule is CC(C)N(Cc1ccccc1)C(=O)CN1CCC(NC(=O)c2cccs2)CC1. The molecular formula is C22H29N3O2S. The number of hydrogen-bond donors (Lipinski definition) is 1. The number of nitrogens with zero attached hydrogens (tertiary/aromatic N) is 2. The molecule has 0 aliphatic carbocycles. The molecule has 2 heterocycles. The van der Waals surface area contributed by atoms with Crippen molar-refractivity contribution in [2.75, 3.05) is 19.6 Å². The van der Waals surface area contributed by atoms with Gasteiger partial charge in [0.05, 0.1) is 11.4 Å². The monoisotopic (exact) mass is 399 g/mol. The smallest absolute Gasteiger partial charge is 0.261 e. The average molecular weight is 400 g/mol. The van der Waals surface area contributed by atoms with Crippen LogP contribution in [-0.4, -0.2) is 53.3 Å². The van der Waals surface area contributed by atoms with Crippen molar-refractivity contribution in [3.8, 4) is 0 Å². The van der Waals surface area contributed by atoms with Gasteiger partial charge in [-0.1, -0.05) is 36.4 Å². The van der Waals surface area contributed by atoms with Gasteiger partial charge in [0.25, 0.3) is 5.91 Å². The van der Waals surface area contributed by atoms with E-state index in [1.165, 1.54) is 11.3 Å². The maximum atomic E-state index is 12.9. The minimum atomic E-state index is 0.0124. The molecule has 1 N–H and O–H groups in total. The number of nitrogens with one attached hydrogen (secondary N) is 1. The van der Waals surface area contributed by atoms with Crippen molar-refractivity contribution in [3.63, 3.8) is 0 Å². The largest absolute Gasteiger partial charge is 0.349 e. The van der Waals surface area contributed by atoms with Crippen LogP contribution >= 0.6 is 11.3 Å². The van der Waals surface area contributed by atoms with Crippen LogP contribution in [0.15, 0.2) is 47.8 Å². The Morgan fingerprint density at radius 2 is 1.86 bits per heavy atom. The summed E-state index contributed by atoms with van der Waals surface area (Å²) in [5.74, 6) is 0.179. The van der Waals surface area contributed by atoms with Crippen LogP contribution in [0.5, 0.6) is 0 Å². The molecule has 28 heavy (non-hydrogen) atoms. The molecule has 0 unspecified atom stereocenters. The maximum absolute atomic E-state index is 12.9. The average Bonchev–Trinajstić information content (AvgIpc) is 3.23. The van der Waals surface area contributed by atoms with Crippen molar-refractivity contribution < 1.29 is 9.59 Å². The minimum absolute atomic E-state index is 0.0124. The first-order valence-electron chi connectivity index (χ1n) is 9.93. The molecule has 1 saturated heterocycles. The quantitative estimate of drug-likeness (QED) is 0.777. The van der Waals surface area contributed by atoms with E-state index in [4.69, 9.17) is 0 Å². The van der Waals surface area contributed by atoms with Gasteiger partial charge in [0, 0.05) is 31.7 Å². The third-order valence-corrected chi connectivity index (χ3v) is 6.03. The zero-order chi connectivity index (χ0) is 19.9. The lowest BCUT2D eigenvalue weighted by atomic mass is 10.0. The van der Waals surface area contributed by atoms with Gasteiger partial charge in [0.1, 0.15) is 0 Å². The van der Waals surface area contributed by atoms with Crippen LogP contribution in [0.25, 0.3) is 0 Å². The molecular weight excluding hydrogens is 370 g/mol. The van der Waals surface area contributed by atoms with Crippen molar-refractivity contribution in [2.45, 2.75) is 45.3 Å². The van der Waals surface area contributed by atoms with Gasteiger partial charge in [-0.05, 0) is 43.7 Å². The van der Waals surface area contributed by atoms with E-state index in [1.54, 1.807) is 0 Å². The second-order valence-corrected chi connectivity index (χ2v) is 8.55. The van der Waals surface area contributed by atoms with E-state index in [1.807, 2.05) is 40.6 Å². The zero-order valence-electron chi connectivity index (χ0n) is 16.6. The highest BCUT2D eigenvalue weighted by molar-refractivity contribution is 7.12. The fourth-order valence-electron chi connectivity index (χ4n) is 3.52. The molecule has 2 aromatic rings. The van der Waals surface area contributed by atoms with Crippen molar-refractivity contribution in [2.24, 2.45) is 0 Å². The molecule has 6 heteroatoms.